The van der Waals surface area contributed by atoms with Gasteiger partial charge in [-0.3, -0.25) is 4.79 Å². The first-order chi connectivity index (χ1) is 14.3. The Morgan fingerprint density at radius 2 is 1.67 bits per heavy atom. The summed E-state index contributed by atoms with van der Waals surface area (Å²) in [6.07, 6.45) is 3.08. The molecule has 0 spiro atoms. The molecule has 0 radical (unpaired) electrons. The Hall–Kier alpha value is -2.38. The fourth-order valence-electron chi connectivity index (χ4n) is 3.86. The van der Waals surface area contributed by atoms with E-state index >= 15 is 0 Å². The Labute approximate surface area is 179 Å². The number of hydrogen-bond donors (Lipinski definition) is 1. The first kappa shape index (κ1) is 22.3. The number of likely N-dealkylation sites (tertiary alicyclic amines) is 1. The number of carbonyl (C=O) groups is 1. The van der Waals surface area contributed by atoms with Crippen molar-refractivity contribution in [3.63, 3.8) is 0 Å². The van der Waals surface area contributed by atoms with Crippen molar-refractivity contribution in [3.8, 4) is 5.75 Å². The van der Waals surface area contributed by atoms with Gasteiger partial charge in [-0.15, -0.1) is 0 Å². The molecule has 2 aromatic carbocycles. The molecule has 1 N–H and O–H groups in total. The zero-order valence-corrected chi connectivity index (χ0v) is 18.6. The van der Waals surface area contributed by atoms with Crippen LogP contribution in [0.5, 0.6) is 5.75 Å². The Kier molecular flexibility index (Phi) is 7.15. The van der Waals surface area contributed by atoms with Crippen LogP contribution in [0, 0.1) is 12.8 Å². The highest BCUT2D eigenvalue weighted by Gasteiger charge is 2.34. The van der Waals surface area contributed by atoms with Gasteiger partial charge >= 0.3 is 0 Å². The Morgan fingerprint density at radius 1 is 1.03 bits per heavy atom. The molecule has 7 heteroatoms. The molecule has 1 fully saturated rings. The standard InChI is InChI=1S/C23H30N2O4S/c1-17-11-13-19(14-12-17)30(27,28)24-22(20-9-5-6-10-21(20)29-3)18(2)23(26)25-15-7-4-8-16-25/h5-6,9-14,18,22,24H,4,7-8,15-16H2,1-3H3/t18-,22+/m1/s1. The lowest BCUT2D eigenvalue weighted by Gasteiger charge is -2.33. The number of nitrogens with zero attached hydrogens (tertiary/aromatic N) is 1. The average Bonchev–Trinajstić information content (AvgIpc) is 2.77. The first-order valence-corrected chi connectivity index (χ1v) is 11.8. The summed E-state index contributed by atoms with van der Waals surface area (Å²) in [5.74, 6) is -0.0794. The normalized spacial score (nSPS) is 16.7. The minimum absolute atomic E-state index is 0.0442. The lowest BCUT2D eigenvalue weighted by Crippen LogP contribution is -2.44. The number of hydrogen-bond acceptors (Lipinski definition) is 4. The molecule has 3 rings (SSSR count). The third kappa shape index (κ3) is 5.02. The number of amides is 1. The molecule has 0 aromatic heterocycles. The van der Waals surface area contributed by atoms with Crippen LogP contribution in [-0.2, 0) is 14.8 Å². The topological polar surface area (TPSA) is 75.7 Å². The first-order valence-electron chi connectivity index (χ1n) is 10.3. The maximum Gasteiger partial charge on any atom is 0.241 e. The summed E-state index contributed by atoms with van der Waals surface area (Å²) in [5.41, 5.74) is 1.62. The fraction of sp³-hybridized carbons (Fsp3) is 0.435. The van der Waals surface area contributed by atoms with Crippen LogP contribution in [0.3, 0.4) is 0 Å². The molecule has 1 aliphatic rings. The van der Waals surface area contributed by atoms with Crippen LogP contribution >= 0.6 is 0 Å². The third-order valence-electron chi connectivity index (χ3n) is 5.64. The number of aryl methyl sites for hydroxylation is 1. The highest BCUT2D eigenvalue weighted by Crippen LogP contribution is 2.33. The maximum absolute atomic E-state index is 13.2. The smallest absolute Gasteiger partial charge is 0.241 e. The Bertz CT molecular complexity index is 967. The lowest BCUT2D eigenvalue weighted by molar-refractivity contribution is -0.136. The molecule has 2 aromatic rings. The number of para-hydroxylation sites is 1. The van der Waals surface area contributed by atoms with Crippen LogP contribution in [0.2, 0.25) is 0 Å². The summed E-state index contributed by atoms with van der Waals surface area (Å²) in [5, 5.41) is 0. The van der Waals surface area contributed by atoms with E-state index in [0.29, 0.717) is 24.4 Å². The third-order valence-corrected chi connectivity index (χ3v) is 7.10. The highest BCUT2D eigenvalue weighted by molar-refractivity contribution is 7.89. The number of rotatable bonds is 7. The van der Waals surface area contributed by atoms with Crippen molar-refractivity contribution in [2.24, 2.45) is 5.92 Å². The van der Waals surface area contributed by atoms with Crippen molar-refractivity contribution in [2.75, 3.05) is 20.2 Å². The summed E-state index contributed by atoms with van der Waals surface area (Å²) in [6.45, 7) is 5.12. The molecule has 1 aliphatic heterocycles. The van der Waals surface area contributed by atoms with Gasteiger partial charge in [0, 0.05) is 18.7 Å². The number of piperidine rings is 1. The molecule has 1 amide bonds. The van der Waals surface area contributed by atoms with Gasteiger partial charge in [0.1, 0.15) is 5.75 Å². The largest absolute Gasteiger partial charge is 0.496 e. The zero-order chi connectivity index (χ0) is 21.7. The fourth-order valence-corrected chi connectivity index (χ4v) is 5.15. The summed E-state index contributed by atoms with van der Waals surface area (Å²) < 4.78 is 34.6. The van der Waals surface area contributed by atoms with Gasteiger partial charge in [0.2, 0.25) is 15.9 Å². The van der Waals surface area contributed by atoms with E-state index in [1.807, 2.05) is 24.0 Å². The summed E-state index contributed by atoms with van der Waals surface area (Å²) in [4.78, 5) is 15.2. The van der Waals surface area contributed by atoms with Crippen molar-refractivity contribution < 1.29 is 17.9 Å². The molecular weight excluding hydrogens is 400 g/mol. The van der Waals surface area contributed by atoms with E-state index in [4.69, 9.17) is 4.74 Å². The quantitative estimate of drug-likeness (QED) is 0.727. The summed E-state index contributed by atoms with van der Waals surface area (Å²) in [7, 11) is -2.29. The molecule has 0 saturated carbocycles. The number of methoxy groups -OCH3 is 1. The number of sulfonamides is 1. The molecule has 6 nitrogen and oxygen atoms in total. The summed E-state index contributed by atoms with van der Waals surface area (Å²) >= 11 is 0. The number of benzene rings is 2. The minimum atomic E-state index is -3.83. The van der Waals surface area contributed by atoms with Crippen molar-refractivity contribution in [3.05, 3.63) is 59.7 Å². The van der Waals surface area contributed by atoms with Gasteiger partial charge in [-0.05, 0) is 44.4 Å². The highest BCUT2D eigenvalue weighted by atomic mass is 32.2. The molecule has 2 atom stereocenters. The zero-order valence-electron chi connectivity index (χ0n) is 17.8. The van der Waals surface area contributed by atoms with E-state index in [1.54, 1.807) is 50.4 Å². The molecule has 162 valence electrons. The predicted molar refractivity (Wildman–Crippen MR) is 117 cm³/mol. The number of nitrogens with one attached hydrogen (secondary N) is 1. The second-order valence-corrected chi connectivity index (χ2v) is 9.54. The Balaban J connectivity index is 1.96. The van der Waals surface area contributed by atoms with E-state index in [9.17, 15) is 13.2 Å². The van der Waals surface area contributed by atoms with Crippen LogP contribution in [0.1, 0.15) is 43.4 Å². The van der Waals surface area contributed by atoms with Crippen LogP contribution in [0.15, 0.2) is 53.4 Å². The Morgan fingerprint density at radius 3 is 2.30 bits per heavy atom. The second-order valence-electron chi connectivity index (χ2n) is 7.83. The van der Waals surface area contributed by atoms with Crippen molar-refractivity contribution in [1.29, 1.82) is 0 Å². The van der Waals surface area contributed by atoms with Crippen LogP contribution in [0.25, 0.3) is 0 Å². The van der Waals surface area contributed by atoms with E-state index in [1.165, 1.54) is 0 Å². The number of carbonyl (C=O) groups excluding carboxylic acids is 1. The van der Waals surface area contributed by atoms with Gasteiger partial charge in [-0.1, -0.05) is 42.8 Å². The molecule has 0 unspecified atom stereocenters. The van der Waals surface area contributed by atoms with Gasteiger partial charge < -0.3 is 9.64 Å². The second kappa shape index (κ2) is 9.62. The molecule has 30 heavy (non-hydrogen) atoms. The SMILES string of the molecule is COc1ccccc1[C@@H](NS(=O)(=O)c1ccc(C)cc1)[C@@H](C)C(=O)N1CCCCC1. The summed E-state index contributed by atoms with van der Waals surface area (Å²) in [6, 6.07) is 13.2. The molecule has 0 aliphatic carbocycles. The predicted octanol–water partition coefficient (Wildman–Crippen LogP) is 3.67. The van der Waals surface area contributed by atoms with Gasteiger partial charge in [-0.25, -0.2) is 13.1 Å². The van der Waals surface area contributed by atoms with Crippen LogP contribution in [0.4, 0.5) is 0 Å². The van der Waals surface area contributed by atoms with Gasteiger partial charge in [-0.2, -0.15) is 0 Å². The van der Waals surface area contributed by atoms with Gasteiger partial charge in [0.15, 0.2) is 0 Å². The van der Waals surface area contributed by atoms with Crippen molar-refractivity contribution >= 4 is 15.9 Å². The molecular formula is C23H30N2O4S. The maximum atomic E-state index is 13.2. The van der Waals surface area contributed by atoms with Crippen LogP contribution in [-0.4, -0.2) is 39.4 Å². The van der Waals surface area contributed by atoms with Gasteiger partial charge in [0.05, 0.1) is 24.0 Å². The van der Waals surface area contributed by atoms with E-state index in [2.05, 4.69) is 4.72 Å². The molecule has 1 heterocycles. The van der Waals surface area contributed by atoms with Gasteiger partial charge in [0.25, 0.3) is 0 Å². The monoisotopic (exact) mass is 430 g/mol. The van der Waals surface area contributed by atoms with E-state index in [0.717, 1.165) is 24.8 Å². The number of ether oxygens (including phenoxy) is 1. The van der Waals surface area contributed by atoms with Crippen molar-refractivity contribution in [2.45, 2.75) is 44.0 Å². The van der Waals surface area contributed by atoms with E-state index < -0.39 is 22.0 Å². The van der Waals surface area contributed by atoms with Crippen molar-refractivity contribution in [1.82, 2.24) is 9.62 Å². The van der Waals surface area contributed by atoms with Crippen LogP contribution < -0.4 is 9.46 Å². The minimum Gasteiger partial charge on any atom is -0.496 e. The molecule has 1 saturated heterocycles. The molecule has 0 bridgehead atoms. The lowest BCUT2D eigenvalue weighted by atomic mass is 9.92. The average molecular weight is 431 g/mol. The van der Waals surface area contributed by atoms with E-state index in [-0.39, 0.29) is 10.8 Å².